The third kappa shape index (κ3) is 4.68. The Morgan fingerprint density at radius 3 is 2.56 bits per heavy atom. The number of carbonyl (C=O) groups is 1. The molecular formula is C24H23N7O. The maximum absolute atomic E-state index is 12.4. The molecule has 0 atom stereocenters. The Morgan fingerprint density at radius 1 is 1.09 bits per heavy atom. The largest absolute Gasteiger partial charge is 0.382 e. The fourth-order valence-electron chi connectivity index (χ4n) is 3.44. The number of nitrogen functional groups attached to an aromatic ring is 1. The number of nitrogens with zero attached hydrogens (tertiary/aromatic N) is 5. The number of aromatic nitrogens is 4. The van der Waals surface area contributed by atoms with Gasteiger partial charge in [0.25, 0.3) is 5.91 Å². The zero-order chi connectivity index (χ0) is 22.3. The first kappa shape index (κ1) is 20.9. The summed E-state index contributed by atoms with van der Waals surface area (Å²) in [5.74, 6) is 0.193. The predicted molar refractivity (Wildman–Crippen MR) is 121 cm³/mol. The number of hydrogen-bond acceptors (Lipinski definition) is 5. The lowest BCUT2D eigenvalue weighted by Gasteiger charge is -2.06. The summed E-state index contributed by atoms with van der Waals surface area (Å²) >= 11 is 0. The number of anilines is 1. The zero-order valence-corrected chi connectivity index (χ0v) is 17.5. The van der Waals surface area contributed by atoms with E-state index in [1.807, 2.05) is 71.5 Å². The fraction of sp³-hybridized carbons (Fsp3) is 0.167. The van der Waals surface area contributed by atoms with E-state index in [1.165, 1.54) is 0 Å². The Hall–Kier alpha value is -4.38. The van der Waals surface area contributed by atoms with Gasteiger partial charge in [-0.25, -0.2) is 4.68 Å². The van der Waals surface area contributed by atoms with Crippen molar-refractivity contribution in [2.24, 2.45) is 0 Å². The molecule has 0 saturated carbocycles. The van der Waals surface area contributed by atoms with Crippen LogP contribution in [0.15, 0.2) is 73.1 Å². The van der Waals surface area contributed by atoms with E-state index in [1.54, 1.807) is 10.9 Å². The SMILES string of the molecule is N#Cc1c(CCCNC(=O)c2ccc(Cn3cccn3)cc2)nn(-c2ccccc2)c1N. The summed E-state index contributed by atoms with van der Waals surface area (Å²) in [7, 11) is 0. The standard InChI is InChI=1S/C24H23N7O/c25-16-21-22(29-31(23(21)26)20-6-2-1-3-7-20)8-4-13-27-24(32)19-11-9-18(10-12-19)17-30-15-5-14-28-30/h1-3,5-7,9-12,14-15H,4,8,13,17,26H2,(H,27,32). The van der Waals surface area contributed by atoms with E-state index in [-0.39, 0.29) is 5.91 Å². The lowest BCUT2D eigenvalue weighted by Crippen LogP contribution is -2.24. The van der Waals surface area contributed by atoms with E-state index in [0.717, 1.165) is 11.3 Å². The number of nitriles is 1. The number of para-hydroxylation sites is 1. The quantitative estimate of drug-likeness (QED) is 0.421. The van der Waals surface area contributed by atoms with Crippen molar-refractivity contribution in [1.29, 1.82) is 5.26 Å². The summed E-state index contributed by atoms with van der Waals surface area (Å²) in [5, 5.41) is 21.1. The molecule has 0 aliphatic carbocycles. The fourth-order valence-corrected chi connectivity index (χ4v) is 3.44. The number of rotatable bonds is 8. The zero-order valence-electron chi connectivity index (χ0n) is 17.5. The van der Waals surface area contributed by atoms with Crippen molar-refractivity contribution in [1.82, 2.24) is 24.9 Å². The predicted octanol–water partition coefficient (Wildman–Crippen LogP) is 2.93. The second-order valence-electron chi connectivity index (χ2n) is 7.33. The first-order valence-electron chi connectivity index (χ1n) is 10.3. The van der Waals surface area contributed by atoms with Gasteiger partial charge in [0.05, 0.1) is 17.9 Å². The number of aryl methyl sites for hydroxylation is 1. The molecule has 2 heterocycles. The molecule has 4 aromatic rings. The molecule has 8 nitrogen and oxygen atoms in total. The number of hydrogen-bond donors (Lipinski definition) is 2. The molecule has 0 fully saturated rings. The van der Waals surface area contributed by atoms with Crippen molar-refractivity contribution < 1.29 is 4.79 Å². The second kappa shape index (κ2) is 9.62. The first-order chi connectivity index (χ1) is 15.7. The van der Waals surface area contributed by atoms with Gasteiger partial charge in [-0.15, -0.1) is 0 Å². The van der Waals surface area contributed by atoms with Crippen molar-refractivity contribution in [3.63, 3.8) is 0 Å². The highest BCUT2D eigenvalue weighted by atomic mass is 16.1. The van der Waals surface area contributed by atoms with E-state index in [0.29, 0.717) is 48.6 Å². The van der Waals surface area contributed by atoms with Gasteiger partial charge in [-0.3, -0.25) is 9.48 Å². The normalized spacial score (nSPS) is 10.6. The van der Waals surface area contributed by atoms with Crippen LogP contribution in [0.3, 0.4) is 0 Å². The molecule has 0 unspecified atom stereocenters. The minimum absolute atomic E-state index is 0.134. The van der Waals surface area contributed by atoms with Gasteiger partial charge >= 0.3 is 0 Å². The molecule has 0 bridgehead atoms. The maximum atomic E-state index is 12.4. The van der Waals surface area contributed by atoms with Crippen LogP contribution in [-0.2, 0) is 13.0 Å². The molecule has 2 aromatic carbocycles. The Bertz CT molecular complexity index is 1220. The number of nitrogens with one attached hydrogen (secondary N) is 1. The van der Waals surface area contributed by atoms with Gasteiger partial charge in [0.15, 0.2) is 0 Å². The molecule has 3 N–H and O–H groups in total. The second-order valence-corrected chi connectivity index (χ2v) is 7.33. The van der Waals surface area contributed by atoms with E-state index < -0.39 is 0 Å². The Kier molecular flexibility index (Phi) is 6.28. The van der Waals surface area contributed by atoms with Crippen LogP contribution in [0.4, 0.5) is 5.82 Å². The average Bonchev–Trinajstić information content (AvgIpc) is 3.45. The maximum Gasteiger partial charge on any atom is 0.251 e. The van der Waals surface area contributed by atoms with Crippen LogP contribution in [0.2, 0.25) is 0 Å². The van der Waals surface area contributed by atoms with Gasteiger partial charge in [0, 0.05) is 24.5 Å². The van der Waals surface area contributed by atoms with Gasteiger partial charge in [0.2, 0.25) is 0 Å². The first-order valence-corrected chi connectivity index (χ1v) is 10.3. The topological polar surface area (TPSA) is 115 Å². The molecule has 0 spiro atoms. The van der Waals surface area contributed by atoms with Crippen LogP contribution in [-0.4, -0.2) is 32.0 Å². The van der Waals surface area contributed by atoms with Crippen molar-refractivity contribution in [2.45, 2.75) is 19.4 Å². The smallest absolute Gasteiger partial charge is 0.251 e. The monoisotopic (exact) mass is 425 g/mol. The van der Waals surface area contributed by atoms with Crippen LogP contribution in [0.1, 0.15) is 33.6 Å². The van der Waals surface area contributed by atoms with Crippen molar-refractivity contribution in [2.75, 3.05) is 12.3 Å². The van der Waals surface area contributed by atoms with E-state index in [2.05, 4.69) is 21.6 Å². The van der Waals surface area contributed by atoms with Crippen molar-refractivity contribution >= 4 is 11.7 Å². The van der Waals surface area contributed by atoms with Crippen LogP contribution >= 0.6 is 0 Å². The highest BCUT2D eigenvalue weighted by Crippen LogP contribution is 2.21. The molecular weight excluding hydrogens is 402 g/mol. The van der Waals surface area contributed by atoms with Crippen molar-refractivity contribution in [3.05, 3.63) is 95.4 Å². The molecule has 0 radical (unpaired) electrons. The average molecular weight is 425 g/mol. The molecule has 0 aliphatic rings. The summed E-state index contributed by atoms with van der Waals surface area (Å²) < 4.78 is 3.41. The molecule has 0 aliphatic heterocycles. The molecule has 32 heavy (non-hydrogen) atoms. The number of benzene rings is 2. The van der Waals surface area contributed by atoms with Crippen molar-refractivity contribution in [3.8, 4) is 11.8 Å². The Labute approximate surface area is 185 Å². The lowest BCUT2D eigenvalue weighted by atomic mass is 10.1. The summed E-state index contributed by atoms with van der Waals surface area (Å²) in [5.41, 5.74) is 9.62. The molecule has 4 rings (SSSR count). The summed E-state index contributed by atoms with van der Waals surface area (Å²) in [4.78, 5) is 12.4. The number of amides is 1. The molecule has 8 heteroatoms. The van der Waals surface area contributed by atoms with Gasteiger partial charge < -0.3 is 11.1 Å². The van der Waals surface area contributed by atoms with Crippen LogP contribution in [0.25, 0.3) is 5.69 Å². The number of carbonyl (C=O) groups excluding carboxylic acids is 1. The minimum atomic E-state index is -0.134. The van der Waals surface area contributed by atoms with E-state index in [4.69, 9.17) is 5.73 Å². The highest BCUT2D eigenvalue weighted by molar-refractivity contribution is 5.94. The minimum Gasteiger partial charge on any atom is -0.382 e. The van der Waals surface area contributed by atoms with Gasteiger partial charge in [-0.2, -0.15) is 15.5 Å². The highest BCUT2D eigenvalue weighted by Gasteiger charge is 2.16. The number of nitrogens with two attached hydrogens (primary N) is 1. The van der Waals surface area contributed by atoms with Crippen LogP contribution in [0.5, 0.6) is 0 Å². The molecule has 2 aromatic heterocycles. The molecule has 160 valence electrons. The van der Waals surface area contributed by atoms with Gasteiger partial charge in [0.1, 0.15) is 17.5 Å². The van der Waals surface area contributed by atoms with Gasteiger partial charge in [-0.1, -0.05) is 30.3 Å². The molecule has 0 saturated heterocycles. The summed E-state index contributed by atoms with van der Waals surface area (Å²) in [6, 6.07) is 21.0. The van der Waals surface area contributed by atoms with Crippen LogP contribution < -0.4 is 11.1 Å². The Morgan fingerprint density at radius 2 is 1.88 bits per heavy atom. The van der Waals surface area contributed by atoms with Crippen LogP contribution in [0, 0.1) is 11.3 Å². The third-order valence-corrected chi connectivity index (χ3v) is 5.10. The lowest BCUT2D eigenvalue weighted by molar-refractivity contribution is 0.0953. The Balaban J connectivity index is 1.31. The summed E-state index contributed by atoms with van der Waals surface area (Å²) in [6.45, 7) is 1.13. The molecule has 1 amide bonds. The third-order valence-electron chi connectivity index (χ3n) is 5.10. The van der Waals surface area contributed by atoms with E-state index >= 15 is 0 Å². The van der Waals surface area contributed by atoms with E-state index in [9.17, 15) is 10.1 Å². The van der Waals surface area contributed by atoms with Gasteiger partial charge in [-0.05, 0) is 48.7 Å². The summed E-state index contributed by atoms with van der Waals surface area (Å²) in [6.07, 6.45) is 4.82.